The maximum Gasteiger partial charge on any atom is 0.341 e. The van der Waals surface area contributed by atoms with Gasteiger partial charge in [0, 0.05) is 0 Å². The molecule has 1 amide bonds. The number of rotatable bonds is 5. The van der Waals surface area contributed by atoms with Crippen LogP contribution in [0, 0.1) is 5.82 Å². The highest BCUT2D eigenvalue weighted by atomic mass is 19.1. The van der Waals surface area contributed by atoms with Crippen molar-refractivity contribution in [2.75, 3.05) is 6.61 Å². The second kappa shape index (κ2) is 7.36. The summed E-state index contributed by atoms with van der Waals surface area (Å²) in [6.07, 6.45) is 0. The van der Waals surface area contributed by atoms with Gasteiger partial charge in [-0.15, -0.1) is 0 Å². The topological polar surface area (TPSA) is 55.4 Å². The molecule has 0 saturated heterocycles. The largest absolute Gasteiger partial charge is 0.452 e. The van der Waals surface area contributed by atoms with Gasteiger partial charge in [-0.25, -0.2) is 9.18 Å². The molecule has 22 heavy (non-hydrogen) atoms. The van der Waals surface area contributed by atoms with E-state index in [1.165, 1.54) is 18.2 Å². The number of benzene rings is 2. The number of hydrogen-bond donors (Lipinski definition) is 1. The first kappa shape index (κ1) is 15.7. The van der Waals surface area contributed by atoms with Gasteiger partial charge in [-0.2, -0.15) is 0 Å². The van der Waals surface area contributed by atoms with Crippen LogP contribution in [-0.4, -0.2) is 18.5 Å². The van der Waals surface area contributed by atoms with Crippen LogP contribution in [0.2, 0.25) is 0 Å². The van der Waals surface area contributed by atoms with Gasteiger partial charge in [0.25, 0.3) is 5.91 Å². The van der Waals surface area contributed by atoms with Crippen molar-refractivity contribution in [3.8, 4) is 0 Å². The molecule has 1 unspecified atom stereocenters. The summed E-state index contributed by atoms with van der Waals surface area (Å²) >= 11 is 0. The molecule has 0 spiro atoms. The minimum absolute atomic E-state index is 0.189. The third-order valence-electron chi connectivity index (χ3n) is 3.11. The van der Waals surface area contributed by atoms with E-state index < -0.39 is 24.3 Å². The maximum atomic E-state index is 13.4. The quantitative estimate of drug-likeness (QED) is 0.864. The minimum atomic E-state index is -0.861. The van der Waals surface area contributed by atoms with Gasteiger partial charge in [-0.05, 0) is 24.6 Å². The molecule has 0 aromatic heterocycles. The summed E-state index contributed by atoms with van der Waals surface area (Å²) in [5.41, 5.74) is 0.752. The summed E-state index contributed by atoms with van der Waals surface area (Å²) in [5.74, 6) is -1.98. The van der Waals surface area contributed by atoms with Crippen molar-refractivity contribution >= 4 is 11.9 Å². The molecule has 2 aromatic carbocycles. The zero-order chi connectivity index (χ0) is 15.9. The Morgan fingerprint density at radius 2 is 1.73 bits per heavy atom. The summed E-state index contributed by atoms with van der Waals surface area (Å²) in [4.78, 5) is 23.4. The van der Waals surface area contributed by atoms with E-state index in [4.69, 9.17) is 4.74 Å². The predicted octanol–water partition coefficient (Wildman–Crippen LogP) is 2.86. The second-order valence-corrected chi connectivity index (χ2v) is 4.76. The van der Waals surface area contributed by atoms with Crippen LogP contribution < -0.4 is 5.32 Å². The molecule has 0 aliphatic rings. The Morgan fingerprint density at radius 3 is 2.41 bits per heavy atom. The van der Waals surface area contributed by atoms with Crippen LogP contribution in [0.3, 0.4) is 0 Å². The predicted molar refractivity (Wildman–Crippen MR) is 79.7 cm³/mol. The molecule has 2 aromatic rings. The van der Waals surface area contributed by atoms with Crippen LogP contribution in [0.25, 0.3) is 0 Å². The minimum Gasteiger partial charge on any atom is -0.452 e. The molecule has 114 valence electrons. The third-order valence-corrected chi connectivity index (χ3v) is 3.11. The van der Waals surface area contributed by atoms with E-state index in [1.807, 2.05) is 37.3 Å². The zero-order valence-electron chi connectivity index (χ0n) is 12.1. The van der Waals surface area contributed by atoms with Crippen LogP contribution in [-0.2, 0) is 9.53 Å². The molecule has 5 heteroatoms. The Balaban J connectivity index is 1.85. The van der Waals surface area contributed by atoms with Crippen molar-refractivity contribution < 1.29 is 18.7 Å². The van der Waals surface area contributed by atoms with E-state index >= 15 is 0 Å². The molecule has 0 heterocycles. The monoisotopic (exact) mass is 301 g/mol. The third kappa shape index (κ3) is 4.15. The highest BCUT2D eigenvalue weighted by Gasteiger charge is 2.15. The smallest absolute Gasteiger partial charge is 0.341 e. The number of ether oxygens (including phenoxy) is 1. The zero-order valence-corrected chi connectivity index (χ0v) is 12.1. The first-order chi connectivity index (χ1) is 10.6. The van der Waals surface area contributed by atoms with Crippen LogP contribution >= 0.6 is 0 Å². The summed E-state index contributed by atoms with van der Waals surface area (Å²) in [6.45, 7) is 1.37. The average molecular weight is 301 g/mol. The van der Waals surface area contributed by atoms with Crippen molar-refractivity contribution in [3.63, 3.8) is 0 Å². The van der Waals surface area contributed by atoms with Crippen molar-refractivity contribution in [1.29, 1.82) is 0 Å². The van der Waals surface area contributed by atoms with Crippen LogP contribution in [0.4, 0.5) is 4.39 Å². The summed E-state index contributed by atoms with van der Waals surface area (Å²) in [5, 5.41) is 2.71. The van der Waals surface area contributed by atoms with Gasteiger partial charge in [0.15, 0.2) is 6.61 Å². The van der Waals surface area contributed by atoms with E-state index in [0.717, 1.165) is 11.6 Å². The number of carbonyl (C=O) groups is 2. The lowest BCUT2D eigenvalue weighted by molar-refractivity contribution is -0.124. The van der Waals surface area contributed by atoms with Crippen molar-refractivity contribution in [2.45, 2.75) is 13.0 Å². The lowest BCUT2D eigenvalue weighted by Crippen LogP contribution is -2.31. The van der Waals surface area contributed by atoms with Gasteiger partial charge < -0.3 is 10.1 Å². The van der Waals surface area contributed by atoms with Crippen LogP contribution in [0.15, 0.2) is 54.6 Å². The lowest BCUT2D eigenvalue weighted by atomic mass is 10.1. The summed E-state index contributed by atoms with van der Waals surface area (Å²) in [6, 6.07) is 14.7. The molecule has 0 fully saturated rings. The normalized spacial score (nSPS) is 11.5. The molecule has 0 saturated carbocycles. The van der Waals surface area contributed by atoms with E-state index in [9.17, 15) is 14.0 Å². The van der Waals surface area contributed by atoms with Gasteiger partial charge in [-0.1, -0.05) is 42.5 Å². The van der Waals surface area contributed by atoms with Gasteiger partial charge in [0.1, 0.15) is 5.82 Å². The van der Waals surface area contributed by atoms with Crippen LogP contribution in [0.5, 0.6) is 0 Å². The Bertz CT molecular complexity index is 658. The number of amides is 1. The fourth-order valence-corrected chi connectivity index (χ4v) is 1.94. The standard InChI is InChI=1S/C17H16FNO3/c1-12(13-7-3-2-4-8-13)19-16(20)11-22-17(21)14-9-5-6-10-15(14)18/h2-10,12H,11H2,1H3,(H,19,20). The van der Waals surface area contributed by atoms with E-state index in [1.54, 1.807) is 0 Å². The fourth-order valence-electron chi connectivity index (χ4n) is 1.94. The Kier molecular flexibility index (Phi) is 5.25. The molecule has 1 atom stereocenters. The van der Waals surface area contributed by atoms with Crippen molar-refractivity contribution in [2.24, 2.45) is 0 Å². The van der Waals surface area contributed by atoms with Gasteiger partial charge in [0.05, 0.1) is 11.6 Å². The van der Waals surface area contributed by atoms with E-state index in [0.29, 0.717) is 0 Å². The first-order valence-electron chi connectivity index (χ1n) is 6.84. The Labute approximate surface area is 127 Å². The number of hydrogen-bond acceptors (Lipinski definition) is 3. The number of nitrogens with one attached hydrogen (secondary N) is 1. The highest BCUT2D eigenvalue weighted by Crippen LogP contribution is 2.11. The highest BCUT2D eigenvalue weighted by molar-refractivity contribution is 5.91. The van der Waals surface area contributed by atoms with Crippen LogP contribution in [0.1, 0.15) is 28.9 Å². The van der Waals surface area contributed by atoms with E-state index in [2.05, 4.69) is 5.32 Å². The number of halogens is 1. The Hall–Kier alpha value is -2.69. The molecule has 4 nitrogen and oxygen atoms in total. The molecular weight excluding hydrogens is 285 g/mol. The maximum absolute atomic E-state index is 13.4. The molecule has 0 aliphatic carbocycles. The second-order valence-electron chi connectivity index (χ2n) is 4.76. The molecule has 0 radical (unpaired) electrons. The SMILES string of the molecule is CC(NC(=O)COC(=O)c1ccccc1F)c1ccccc1. The molecule has 2 rings (SSSR count). The molecular formula is C17H16FNO3. The Morgan fingerprint density at radius 1 is 1.09 bits per heavy atom. The molecule has 0 bridgehead atoms. The first-order valence-corrected chi connectivity index (χ1v) is 6.84. The summed E-state index contributed by atoms with van der Waals surface area (Å²) in [7, 11) is 0. The molecule has 1 N–H and O–H groups in total. The number of esters is 1. The summed E-state index contributed by atoms with van der Waals surface area (Å²) < 4.78 is 18.2. The van der Waals surface area contributed by atoms with Crippen molar-refractivity contribution in [1.82, 2.24) is 5.32 Å². The van der Waals surface area contributed by atoms with E-state index in [-0.39, 0.29) is 11.6 Å². The van der Waals surface area contributed by atoms with Gasteiger partial charge in [-0.3, -0.25) is 4.79 Å². The fraction of sp³-hybridized carbons (Fsp3) is 0.176. The van der Waals surface area contributed by atoms with Gasteiger partial charge >= 0.3 is 5.97 Å². The molecule has 0 aliphatic heterocycles. The van der Waals surface area contributed by atoms with Crippen molar-refractivity contribution in [3.05, 3.63) is 71.5 Å². The van der Waals surface area contributed by atoms with Gasteiger partial charge in [0.2, 0.25) is 0 Å². The number of carbonyl (C=O) groups excluding carboxylic acids is 2. The average Bonchev–Trinajstić information content (AvgIpc) is 2.54. The lowest BCUT2D eigenvalue weighted by Gasteiger charge is -2.14.